The number of hydrogen-bond donors (Lipinski definition) is 0. The third-order valence-corrected chi connectivity index (χ3v) is 2.71. The maximum Gasteiger partial charge on any atom is 0.142 e. The summed E-state index contributed by atoms with van der Waals surface area (Å²) in [6, 6.07) is 4.62. The molecule has 0 unspecified atom stereocenters. The van der Waals surface area contributed by atoms with Gasteiger partial charge in [0.2, 0.25) is 0 Å². The summed E-state index contributed by atoms with van der Waals surface area (Å²) in [5, 5.41) is 0. The highest BCUT2D eigenvalue weighted by atomic mass is 35.5. The molecule has 0 bridgehead atoms. The summed E-state index contributed by atoms with van der Waals surface area (Å²) in [6.45, 7) is 2.14. The maximum absolute atomic E-state index is 13.7. The van der Waals surface area contributed by atoms with Gasteiger partial charge in [-0.1, -0.05) is 11.8 Å². The van der Waals surface area contributed by atoms with Crippen molar-refractivity contribution in [1.29, 1.82) is 0 Å². The molecule has 0 aromatic heterocycles. The van der Waals surface area contributed by atoms with E-state index in [0.717, 1.165) is 6.42 Å². The van der Waals surface area contributed by atoms with Crippen molar-refractivity contribution in [3.63, 3.8) is 0 Å². The van der Waals surface area contributed by atoms with Crippen LogP contribution in [0.2, 0.25) is 0 Å². The van der Waals surface area contributed by atoms with Gasteiger partial charge in [-0.2, -0.15) is 0 Å². The zero-order valence-electron chi connectivity index (χ0n) is 12.2. The summed E-state index contributed by atoms with van der Waals surface area (Å²) in [5.41, 5.74) is 0.350. The monoisotopic (exact) mass is 314 g/mol. The van der Waals surface area contributed by atoms with E-state index in [1.54, 1.807) is 19.2 Å². The van der Waals surface area contributed by atoms with E-state index in [0.29, 0.717) is 50.0 Å². The molecular weight excluding hydrogens is 295 g/mol. The van der Waals surface area contributed by atoms with Crippen molar-refractivity contribution in [2.75, 3.05) is 39.4 Å². The van der Waals surface area contributed by atoms with Crippen LogP contribution in [0.4, 0.5) is 4.39 Å². The highest BCUT2D eigenvalue weighted by Gasteiger charge is 2.02. The fourth-order valence-electron chi connectivity index (χ4n) is 1.52. The number of benzene rings is 1. The first kappa shape index (κ1) is 17.8. The van der Waals surface area contributed by atoms with Crippen LogP contribution in [0.25, 0.3) is 0 Å². The summed E-state index contributed by atoms with van der Waals surface area (Å²) in [4.78, 5) is 0. The first-order chi connectivity index (χ1) is 10.3. The molecule has 1 aromatic carbocycles. The van der Waals surface area contributed by atoms with Gasteiger partial charge in [-0.15, -0.1) is 11.6 Å². The van der Waals surface area contributed by atoms with E-state index in [1.807, 2.05) is 0 Å². The summed E-state index contributed by atoms with van der Waals surface area (Å²) in [5.74, 6) is 6.05. The Morgan fingerprint density at radius 3 is 2.76 bits per heavy atom. The Morgan fingerprint density at radius 2 is 2.05 bits per heavy atom. The van der Waals surface area contributed by atoms with Crippen LogP contribution < -0.4 is 4.74 Å². The number of rotatable bonds is 9. The molecule has 21 heavy (non-hydrogen) atoms. The average molecular weight is 315 g/mol. The van der Waals surface area contributed by atoms with Crippen molar-refractivity contribution in [2.45, 2.75) is 12.8 Å². The lowest BCUT2D eigenvalue weighted by molar-refractivity contribution is 0.0806. The molecule has 0 heterocycles. The minimum atomic E-state index is -0.393. The number of halogens is 2. The van der Waals surface area contributed by atoms with Crippen molar-refractivity contribution in [3.8, 4) is 17.6 Å². The number of alkyl halides is 1. The number of ether oxygens (including phenoxy) is 3. The first-order valence-corrected chi connectivity index (χ1v) is 7.35. The molecule has 1 aromatic rings. The molecule has 0 saturated carbocycles. The van der Waals surface area contributed by atoms with Gasteiger partial charge in [0.25, 0.3) is 0 Å². The van der Waals surface area contributed by atoms with Gasteiger partial charge < -0.3 is 14.2 Å². The van der Waals surface area contributed by atoms with Crippen molar-refractivity contribution < 1.29 is 18.6 Å². The Kier molecular flexibility index (Phi) is 9.64. The topological polar surface area (TPSA) is 27.7 Å². The Morgan fingerprint density at radius 1 is 1.19 bits per heavy atom. The Bertz CT molecular complexity index is 468. The minimum absolute atomic E-state index is 0.350. The molecule has 0 fully saturated rings. The van der Waals surface area contributed by atoms with Gasteiger partial charge in [0.1, 0.15) is 18.2 Å². The molecule has 0 radical (unpaired) electrons. The second-order valence-electron chi connectivity index (χ2n) is 4.19. The Hall–Kier alpha value is -1.28. The van der Waals surface area contributed by atoms with E-state index in [-0.39, 0.29) is 0 Å². The van der Waals surface area contributed by atoms with Crippen LogP contribution >= 0.6 is 11.6 Å². The Labute approximate surface area is 130 Å². The molecule has 116 valence electrons. The Balaban J connectivity index is 2.30. The lowest BCUT2D eigenvalue weighted by atomic mass is 10.2. The molecule has 0 saturated heterocycles. The SMILES string of the molecule is COCCCOCCOc1ccc(C#CCCCl)c(F)c1. The van der Waals surface area contributed by atoms with Crippen molar-refractivity contribution >= 4 is 11.6 Å². The summed E-state index contributed by atoms with van der Waals surface area (Å²) >= 11 is 5.51. The van der Waals surface area contributed by atoms with Gasteiger partial charge in [0.15, 0.2) is 0 Å². The molecule has 0 atom stereocenters. The molecule has 3 nitrogen and oxygen atoms in total. The van der Waals surface area contributed by atoms with Crippen LogP contribution in [0.15, 0.2) is 18.2 Å². The molecule has 0 aliphatic rings. The van der Waals surface area contributed by atoms with Crippen LogP contribution in [-0.2, 0) is 9.47 Å². The third-order valence-electron chi connectivity index (χ3n) is 2.52. The third kappa shape index (κ3) is 7.91. The van der Waals surface area contributed by atoms with Crippen molar-refractivity contribution in [1.82, 2.24) is 0 Å². The van der Waals surface area contributed by atoms with E-state index in [4.69, 9.17) is 25.8 Å². The zero-order valence-corrected chi connectivity index (χ0v) is 12.9. The van der Waals surface area contributed by atoms with Crippen molar-refractivity contribution in [3.05, 3.63) is 29.6 Å². The summed E-state index contributed by atoms with van der Waals surface area (Å²) in [6.07, 6.45) is 1.39. The largest absolute Gasteiger partial charge is 0.491 e. The number of methoxy groups -OCH3 is 1. The van der Waals surface area contributed by atoms with E-state index in [2.05, 4.69) is 11.8 Å². The van der Waals surface area contributed by atoms with E-state index >= 15 is 0 Å². The molecule has 5 heteroatoms. The van der Waals surface area contributed by atoms with Gasteiger partial charge in [-0.25, -0.2) is 4.39 Å². The van der Waals surface area contributed by atoms with E-state index < -0.39 is 5.82 Å². The van der Waals surface area contributed by atoms with Crippen LogP contribution in [0.3, 0.4) is 0 Å². The average Bonchev–Trinajstić information content (AvgIpc) is 2.48. The van der Waals surface area contributed by atoms with Crippen LogP contribution in [0.5, 0.6) is 5.75 Å². The van der Waals surface area contributed by atoms with Crippen molar-refractivity contribution in [2.24, 2.45) is 0 Å². The van der Waals surface area contributed by atoms with Crippen LogP contribution in [0.1, 0.15) is 18.4 Å². The first-order valence-electron chi connectivity index (χ1n) is 6.81. The second-order valence-corrected chi connectivity index (χ2v) is 4.57. The predicted molar refractivity (Wildman–Crippen MR) is 81.4 cm³/mol. The number of hydrogen-bond acceptors (Lipinski definition) is 3. The van der Waals surface area contributed by atoms with Gasteiger partial charge >= 0.3 is 0 Å². The lowest BCUT2D eigenvalue weighted by Crippen LogP contribution is -2.08. The molecular formula is C16H20ClFO3. The highest BCUT2D eigenvalue weighted by Crippen LogP contribution is 2.16. The maximum atomic E-state index is 13.7. The fourth-order valence-corrected chi connectivity index (χ4v) is 1.61. The molecule has 0 spiro atoms. The van der Waals surface area contributed by atoms with Gasteiger partial charge in [0, 0.05) is 38.7 Å². The molecule has 0 amide bonds. The van der Waals surface area contributed by atoms with E-state index in [1.165, 1.54) is 6.07 Å². The van der Waals surface area contributed by atoms with Crippen LogP contribution in [0, 0.1) is 17.7 Å². The smallest absolute Gasteiger partial charge is 0.142 e. The van der Waals surface area contributed by atoms with Gasteiger partial charge in [-0.05, 0) is 18.6 Å². The standard InChI is InChI=1S/C16H20ClFO3/c1-19-9-4-10-20-11-12-21-15-7-6-14(16(18)13-15)5-2-3-8-17/h6-7,13H,3-4,8-12H2,1H3. The summed E-state index contributed by atoms with van der Waals surface area (Å²) < 4.78 is 29.4. The molecule has 0 aliphatic heterocycles. The van der Waals surface area contributed by atoms with Gasteiger partial charge in [-0.3, -0.25) is 0 Å². The summed E-state index contributed by atoms with van der Waals surface area (Å²) in [7, 11) is 1.65. The lowest BCUT2D eigenvalue weighted by Gasteiger charge is -2.07. The highest BCUT2D eigenvalue weighted by molar-refractivity contribution is 6.18. The second kappa shape index (κ2) is 11.4. The minimum Gasteiger partial charge on any atom is -0.491 e. The molecule has 0 N–H and O–H groups in total. The van der Waals surface area contributed by atoms with E-state index in [9.17, 15) is 4.39 Å². The zero-order chi connectivity index (χ0) is 15.3. The van der Waals surface area contributed by atoms with Gasteiger partial charge in [0.05, 0.1) is 12.2 Å². The quantitative estimate of drug-likeness (QED) is 0.398. The predicted octanol–water partition coefficient (Wildman–Crippen LogP) is 3.24. The fraction of sp³-hybridized carbons (Fsp3) is 0.500. The normalized spacial score (nSPS) is 10.0. The molecule has 1 rings (SSSR count). The molecule has 0 aliphatic carbocycles. The van der Waals surface area contributed by atoms with Crippen LogP contribution in [-0.4, -0.2) is 39.4 Å².